The molecule has 0 spiro atoms. The van der Waals surface area contributed by atoms with E-state index >= 15 is 0 Å². The summed E-state index contributed by atoms with van der Waals surface area (Å²) < 4.78 is 141. The van der Waals surface area contributed by atoms with Crippen LogP contribution in [0.1, 0.15) is 11.1 Å². The maximum atomic E-state index is 12.5. The van der Waals surface area contributed by atoms with E-state index in [1.807, 2.05) is 0 Å². The molecule has 0 bridgehead atoms. The second-order valence-corrected chi connectivity index (χ2v) is 19.1. The molecule has 0 aliphatic heterocycles. The zero-order chi connectivity index (χ0) is 47.6. The van der Waals surface area contributed by atoms with E-state index < -0.39 is 100 Å². The smallest absolute Gasteiger partial charge is 0.748 e. The van der Waals surface area contributed by atoms with Crippen LogP contribution in [0.5, 0.6) is 0 Å². The summed E-state index contributed by atoms with van der Waals surface area (Å²) >= 11 is 0. The van der Waals surface area contributed by atoms with Gasteiger partial charge in [-0.2, -0.15) is 29.9 Å². The van der Waals surface area contributed by atoms with Crippen molar-refractivity contribution in [1.29, 1.82) is 0 Å². The molecule has 0 fully saturated rings. The fourth-order valence-corrected chi connectivity index (χ4v) is 7.29. The second kappa shape index (κ2) is 31.2. The Hall–Kier alpha value is 1.03. The van der Waals surface area contributed by atoms with E-state index in [9.17, 15) is 72.3 Å². The van der Waals surface area contributed by atoms with Gasteiger partial charge in [-0.05, 0) is 35.4 Å². The zero-order valence-corrected chi connectivity index (χ0v) is 53.1. The number of aliphatic hydroxyl groups is 4. The molecule has 0 amide bonds. The van der Waals surface area contributed by atoms with Gasteiger partial charge in [0.15, 0.2) is 0 Å². The minimum Gasteiger partial charge on any atom is -0.748 e. The Morgan fingerprint density at radius 2 is 0.882 bits per heavy atom. The first kappa shape index (κ1) is 69.0. The average Bonchev–Trinajstić information content (AvgIpc) is 3.18. The Morgan fingerprint density at radius 3 is 1.18 bits per heavy atom. The molecular weight excluding hydrogens is 1090 g/mol. The van der Waals surface area contributed by atoms with Crippen molar-refractivity contribution in [1.82, 2.24) is 29.9 Å². The van der Waals surface area contributed by atoms with E-state index in [4.69, 9.17) is 0 Å². The molecule has 0 saturated heterocycles. The summed E-state index contributed by atoms with van der Waals surface area (Å²) in [5, 5.41) is 48.6. The van der Waals surface area contributed by atoms with Crippen LogP contribution in [0.4, 0.5) is 47.1 Å². The summed E-state index contributed by atoms with van der Waals surface area (Å²) in [6.07, 6.45) is -0.399. The van der Waals surface area contributed by atoms with E-state index in [2.05, 4.69) is 51.2 Å². The van der Waals surface area contributed by atoms with E-state index in [-0.39, 0.29) is 277 Å². The van der Waals surface area contributed by atoms with E-state index in [1.165, 1.54) is 36.0 Å². The van der Waals surface area contributed by atoms with Crippen LogP contribution in [-0.2, 0) is 40.5 Å². The SMILES string of the molecule is CN(CC(O)CO)c1nc(NCCS(=O)(=O)[O-])nc(Nc2ccc(/C=C/c3ccc(Nc4nc(NCCS(=O)(=O)[O-])nc(N(C)CC(O)CO)n4)cc3S(=O)(=O)[O-])c(S(=O)(=O)[O-])c2)n1.[K+].[K+].[K+].[K+]. The van der Waals surface area contributed by atoms with Gasteiger partial charge in [0.25, 0.3) is 0 Å². The molecule has 0 saturated carbocycles. The average molecular weight is 1130 g/mol. The predicted octanol–water partition coefficient (Wildman–Crippen LogP) is -15.0. The molecule has 68 heavy (non-hydrogen) atoms. The number of anilines is 8. The number of rotatable bonds is 24. The molecule has 2 unspecified atom stereocenters. The predicted molar refractivity (Wildman–Crippen MR) is 223 cm³/mol. The van der Waals surface area contributed by atoms with E-state index in [1.54, 1.807) is 0 Å². The summed E-state index contributed by atoms with van der Waals surface area (Å²) in [4.78, 5) is 25.5. The van der Waals surface area contributed by atoms with Crippen molar-refractivity contribution < 1.29 is 278 Å². The van der Waals surface area contributed by atoms with Crippen LogP contribution in [0.3, 0.4) is 0 Å². The van der Waals surface area contributed by atoms with Gasteiger partial charge in [-0.3, -0.25) is 0 Å². The van der Waals surface area contributed by atoms with Crippen molar-refractivity contribution in [3.8, 4) is 0 Å². The molecule has 8 N–H and O–H groups in total. The first-order valence-electron chi connectivity index (χ1n) is 18.0. The van der Waals surface area contributed by atoms with Crippen molar-refractivity contribution >= 4 is 99.7 Å². The molecular formula is C32H40K4N12O16S4. The molecule has 2 heterocycles. The quantitative estimate of drug-likeness (QED) is 0.0183. The Labute approximate surface area is 561 Å². The van der Waals surface area contributed by atoms with Crippen LogP contribution in [0, 0.1) is 0 Å². The monoisotopic (exact) mass is 1130 g/mol. The van der Waals surface area contributed by atoms with Crippen LogP contribution in [-0.4, -0.2) is 179 Å². The molecule has 28 nitrogen and oxygen atoms in total. The molecule has 0 radical (unpaired) electrons. The Bertz CT molecular complexity index is 2600. The Morgan fingerprint density at radius 1 is 0.559 bits per heavy atom. The van der Waals surface area contributed by atoms with E-state index in [0.717, 1.165) is 36.4 Å². The molecule has 2 aromatic heterocycles. The number of benzene rings is 2. The van der Waals surface area contributed by atoms with Crippen molar-refractivity contribution in [2.75, 3.05) is 96.1 Å². The minimum absolute atomic E-state index is 0. The fourth-order valence-electron chi connectivity index (χ4n) is 5.20. The molecule has 0 aliphatic rings. The standard InChI is InChI=1S/C32H44N12O16S4.4K/c1-43(15-23(47)17-45)31-39-27(33-9-11-61(49,50)51)37-29(41-31)35-21-7-5-19(25(13-21)63(55,56)57)3-4-20-6-8-22(14-26(20)64(58,59)60)36-30-38-28(34-10-12-62(52,53)54)40-32(42-30)44(2)16-24(48)18-46;;;;/h3-8,13-14,23-24,45-48H,9-12,15-18H2,1-2H3,(H,49,50,51)(H,52,53,54)(H,55,56,57)(H,58,59,60)(H2,33,35,37,39,41)(H2,34,36,38,40,42);;;;/q;4*+1/p-4/b4-3+;;;;. The van der Waals surface area contributed by atoms with Gasteiger partial charge in [-0.15, -0.1) is 0 Å². The number of nitrogens with zero attached hydrogens (tertiary/aromatic N) is 8. The number of hydrogen-bond acceptors (Lipinski definition) is 28. The normalized spacial score (nSPS) is 12.6. The Kier molecular flexibility index (Phi) is 31.6. The summed E-state index contributed by atoms with van der Waals surface area (Å²) in [5.74, 6) is -3.12. The summed E-state index contributed by atoms with van der Waals surface area (Å²) in [7, 11) is -17.0. The molecule has 4 rings (SSSR count). The largest absolute Gasteiger partial charge is 1.00 e. The molecule has 4 aromatic rings. The first-order chi connectivity index (χ1) is 29.7. The van der Waals surface area contributed by atoms with Crippen LogP contribution in [0.25, 0.3) is 12.2 Å². The maximum absolute atomic E-state index is 12.5. The number of aromatic nitrogens is 6. The van der Waals surface area contributed by atoms with Crippen LogP contribution >= 0.6 is 0 Å². The van der Waals surface area contributed by atoms with Gasteiger partial charge < -0.3 is 69.7 Å². The zero-order valence-electron chi connectivity index (χ0n) is 37.3. The maximum Gasteiger partial charge on any atom is 1.00 e. The van der Waals surface area contributed by atoms with Gasteiger partial charge >= 0.3 is 206 Å². The van der Waals surface area contributed by atoms with Gasteiger partial charge in [-0.1, -0.05) is 24.3 Å². The Balaban J connectivity index is 0.0000112. The van der Waals surface area contributed by atoms with Gasteiger partial charge in [-0.25, -0.2) is 33.7 Å². The third kappa shape index (κ3) is 24.1. The fraction of sp³-hybridized carbons (Fsp3) is 0.375. The van der Waals surface area contributed by atoms with E-state index in [0.29, 0.717) is 0 Å². The summed E-state index contributed by atoms with van der Waals surface area (Å²) in [5.41, 5.74) is -0.742. The third-order valence-electron chi connectivity index (χ3n) is 8.11. The number of likely N-dealkylation sites (N-methyl/N-ethyl adjacent to an activating group) is 2. The first-order valence-corrected chi connectivity index (χ1v) is 24.0. The van der Waals surface area contributed by atoms with Gasteiger partial charge in [0.1, 0.15) is 20.2 Å². The van der Waals surface area contributed by atoms with Gasteiger partial charge in [0, 0.05) is 51.6 Å². The summed E-state index contributed by atoms with van der Waals surface area (Å²) in [6.45, 7) is -2.48. The van der Waals surface area contributed by atoms with Crippen molar-refractivity contribution in [3.05, 3.63) is 47.5 Å². The van der Waals surface area contributed by atoms with Crippen LogP contribution < -0.4 is 237 Å². The van der Waals surface area contributed by atoms with Crippen molar-refractivity contribution in [3.63, 3.8) is 0 Å². The number of nitrogens with one attached hydrogen (secondary N) is 4. The number of aliphatic hydroxyl groups excluding tert-OH is 4. The van der Waals surface area contributed by atoms with Crippen LogP contribution in [0.15, 0.2) is 46.2 Å². The molecule has 2 aromatic carbocycles. The molecule has 2 atom stereocenters. The van der Waals surface area contributed by atoms with Crippen molar-refractivity contribution in [2.45, 2.75) is 22.0 Å². The van der Waals surface area contributed by atoms with Gasteiger partial charge in [0.05, 0.1) is 67.0 Å². The second-order valence-electron chi connectivity index (χ2n) is 13.4. The summed E-state index contributed by atoms with van der Waals surface area (Å²) in [6, 6.07) is 6.58. The topological polar surface area (TPSA) is 442 Å². The van der Waals surface area contributed by atoms with Crippen molar-refractivity contribution in [2.24, 2.45) is 0 Å². The molecule has 352 valence electrons. The minimum atomic E-state index is -5.28. The van der Waals surface area contributed by atoms with Gasteiger partial charge in [0.2, 0.25) is 35.7 Å². The van der Waals surface area contributed by atoms with Crippen LogP contribution in [0.2, 0.25) is 0 Å². The third-order valence-corrected chi connectivity index (χ3v) is 11.3. The molecule has 0 aliphatic carbocycles. The number of hydrogen-bond donors (Lipinski definition) is 8. The molecule has 36 heteroatoms.